The van der Waals surface area contributed by atoms with Crippen LogP contribution in [0.3, 0.4) is 0 Å². The number of sulfone groups is 1. The van der Waals surface area contributed by atoms with E-state index < -0.39 is 28.3 Å². The minimum atomic E-state index is -3.54. The molecule has 0 saturated carbocycles. The lowest BCUT2D eigenvalue weighted by Gasteiger charge is -2.35. The van der Waals surface area contributed by atoms with Gasteiger partial charge in [0.2, 0.25) is 0 Å². The maximum absolute atomic E-state index is 13.1. The van der Waals surface area contributed by atoms with Crippen molar-refractivity contribution in [1.82, 2.24) is 9.80 Å². The van der Waals surface area contributed by atoms with Gasteiger partial charge in [0.25, 0.3) is 11.8 Å². The van der Waals surface area contributed by atoms with E-state index in [0.717, 1.165) is 42.2 Å². The van der Waals surface area contributed by atoms with Crippen LogP contribution in [-0.2, 0) is 9.84 Å². The third-order valence-corrected chi connectivity index (χ3v) is 7.45. The molecule has 2 aliphatic rings. The fourth-order valence-corrected chi connectivity index (χ4v) is 5.07. The summed E-state index contributed by atoms with van der Waals surface area (Å²) in [6, 6.07) is 9.07. The molecular weight excluding hydrogens is 406 g/mol. The quantitative estimate of drug-likeness (QED) is 0.669. The first-order chi connectivity index (χ1) is 14.3. The Morgan fingerprint density at radius 2 is 1.60 bits per heavy atom. The molecule has 2 heterocycles. The van der Waals surface area contributed by atoms with E-state index in [2.05, 4.69) is 16.8 Å². The van der Waals surface area contributed by atoms with Crippen LogP contribution in [0, 0.1) is 0 Å². The molecule has 0 atom stereocenters. The summed E-state index contributed by atoms with van der Waals surface area (Å²) < 4.78 is 23.9. The molecule has 0 aromatic heterocycles. The average molecular weight is 432 g/mol. The maximum atomic E-state index is 13.1. The minimum Gasteiger partial charge on any atom is -0.395 e. The molecule has 2 aromatic rings. The zero-order chi connectivity index (χ0) is 21.5. The number of rotatable bonds is 6. The van der Waals surface area contributed by atoms with Crippen molar-refractivity contribution in [3.63, 3.8) is 0 Å². The average Bonchev–Trinajstić information content (AvgIpc) is 2.72. The minimum absolute atomic E-state index is 0.226. The molecule has 8 nitrogen and oxygen atoms in total. The van der Waals surface area contributed by atoms with Gasteiger partial charge in [-0.25, -0.2) is 8.42 Å². The Bertz CT molecular complexity index is 1080. The summed E-state index contributed by atoms with van der Waals surface area (Å²) in [5.41, 5.74) is 1.83. The number of amides is 2. The van der Waals surface area contributed by atoms with Crippen molar-refractivity contribution in [3.8, 4) is 0 Å². The maximum Gasteiger partial charge on any atom is 0.261 e. The van der Waals surface area contributed by atoms with Crippen LogP contribution in [0.15, 0.2) is 30.3 Å². The molecule has 0 bridgehead atoms. The first-order valence-electron chi connectivity index (χ1n) is 9.99. The number of likely N-dealkylation sites (N-methyl/N-ethyl adjacent to an activating group) is 1. The Labute approximate surface area is 175 Å². The van der Waals surface area contributed by atoms with E-state index in [1.807, 2.05) is 12.1 Å². The molecule has 2 amide bonds. The molecule has 1 fully saturated rings. The van der Waals surface area contributed by atoms with Crippen molar-refractivity contribution in [2.75, 3.05) is 62.8 Å². The number of imide groups is 1. The fraction of sp³-hybridized carbons (Fsp3) is 0.429. The van der Waals surface area contributed by atoms with Crippen molar-refractivity contribution in [2.45, 2.75) is 0 Å². The van der Waals surface area contributed by atoms with Crippen LogP contribution in [0.1, 0.15) is 20.7 Å². The van der Waals surface area contributed by atoms with Crippen molar-refractivity contribution in [2.24, 2.45) is 0 Å². The molecular formula is C21H25N3O5S. The van der Waals surface area contributed by atoms with Gasteiger partial charge >= 0.3 is 0 Å². The van der Waals surface area contributed by atoms with Crippen LogP contribution in [-0.4, -0.2) is 93.0 Å². The lowest BCUT2D eigenvalue weighted by Crippen LogP contribution is -2.45. The van der Waals surface area contributed by atoms with Gasteiger partial charge in [0.15, 0.2) is 9.84 Å². The first-order valence-corrected chi connectivity index (χ1v) is 11.8. The largest absolute Gasteiger partial charge is 0.395 e. The van der Waals surface area contributed by atoms with Crippen molar-refractivity contribution >= 4 is 38.1 Å². The summed E-state index contributed by atoms with van der Waals surface area (Å²) in [5, 5.41) is 10.4. The predicted octanol–water partition coefficient (Wildman–Crippen LogP) is 0.595. The topological polar surface area (TPSA) is 98.2 Å². The monoisotopic (exact) mass is 431 g/mol. The van der Waals surface area contributed by atoms with Gasteiger partial charge in [-0.05, 0) is 25.2 Å². The molecule has 160 valence electrons. The number of hydrogen-bond donors (Lipinski definition) is 1. The van der Waals surface area contributed by atoms with Crippen LogP contribution in [0.2, 0.25) is 0 Å². The lowest BCUT2D eigenvalue weighted by molar-refractivity contribution is 0.0620. The van der Waals surface area contributed by atoms with Gasteiger partial charge in [-0.1, -0.05) is 12.1 Å². The summed E-state index contributed by atoms with van der Waals surface area (Å²) in [7, 11) is -1.45. The first kappa shape index (κ1) is 20.8. The zero-order valence-electron chi connectivity index (χ0n) is 16.9. The molecule has 4 rings (SSSR count). The number of nitrogens with zero attached hydrogens (tertiary/aromatic N) is 3. The Hall–Kier alpha value is -2.49. The molecule has 0 radical (unpaired) electrons. The highest BCUT2D eigenvalue weighted by Crippen LogP contribution is 2.36. The number of carbonyl (C=O) groups is 2. The second kappa shape index (κ2) is 7.98. The van der Waals surface area contributed by atoms with Gasteiger partial charge in [0.1, 0.15) is 0 Å². The van der Waals surface area contributed by atoms with Crippen LogP contribution in [0.25, 0.3) is 10.8 Å². The number of piperazine rings is 1. The molecule has 0 aliphatic carbocycles. The molecule has 9 heteroatoms. The van der Waals surface area contributed by atoms with Gasteiger partial charge in [0, 0.05) is 60.3 Å². The van der Waals surface area contributed by atoms with Crippen LogP contribution >= 0.6 is 0 Å². The Balaban J connectivity index is 1.70. The smallest absolute Gasteiger partial charge is 0.261 e. The highest BCUT2D eigenvalue weighted by molar-refractivity contribution is 7.91. The number of benzene rings is 2. The Kier molecular flexibility index (Phi) is 5.52. The van der Waals surface area contributed by atoms with E-state index in [9.17, 15) is 18.0 Å². The number of anilines is 1. The van der Waals surface area contributed by atoms with E-state index in [1.54, 1.807) is 18.2 Å². The summed E-state index contributed by atoms with van der Waals surface area (Å²) in [6.07, 6.45) is 0. The van der Waals surface area contributed by atoms with Gasteiger partial charge in [-0.3, -0.25) is 14.5 Å². The van der Waals surface area contributed by atoms with Gasteiger partial charge < -0.3 is 14.9 Å². The summed E-state index contributed by atoms with van der Waals surface area (Å²) in [6.45, 7) is 2.91. The summed E-state index contributed by atoms with van der Waals surface area (Å²) in [4.78, 5) is 31.7. The highest BCUT2D eigenvalue weighted by Gasteiger charge is 2.34. The van der Waals surface area contributed by atoms with E-state index >= 15 is 0 Å². The van der Waals surface area contributed by atoms with E-state index in [-0.39, 0.29) is 18.1 Å². The van der Waals surface area contributed by atoms with Crippen molar-refractivity contribution in [1.29, 1.82) is 0 Å². The highest BCUT2D eigenvalue weighted by atomic mass is 32.2. The molecule has 2 aromatic carbocycles. The molecule has 30 heavy (non-hydrogen) atoms. The third kappa shape index (κ3) is 3.68. The van der Waals surface area contributed by atoms with Crippen LogP contribution in [0.5, 0.6) is 0 Å². The van der Waals surface area contributed by atoms with Crippen molar-refractivity contribution in [3.05, 3.63) is 41.5 Å². The molecule has 1 saturated heterocycles. The number of hydrogen-bond acceptors (Lipinski definition) is 7. The number of aliphatic hydroxyl groups excluding tert-OH is 1. The number of aliphatic hydroxyl groups is 1. The lowest BCUT2D eigenvalue weighted by atomic mass is 9.92. The SMILES string of the molecule is CN1CCN(c2ccc3c4c(cccc24)C(=O)N(CCS(=O)(=O)CCO)C3=O)CC1. The van der Waals surface area contributed by atoms with E-state index in [4.69, 9.17) is 5.11 Å². The summed E-state index contributed by atoms with van der Waals surface area (Å²) in [5.74, 6) is -1.71. The Morgan fingerprint density at radius 3 is 2.27 bits per heavy atom. The fourth-order valence-electron chi connectivity index (χ4n) is 4.13. The van der Waals surface area contributed by atoms with Crippen molar-refractivity contribution < 1.29 is 23.1 Å². The molecule has 0 spiro atoms. The Morgan fingerprint density at radius 1 is 0.933 bits per heavy atom. The van der Waals surface area contributed by atoms with Gasteiger partial charge in [-0.15, -0.1) is 0 Å². The predicted molar refractivity (Wildman–Crippen MR) is 115 cm³/mol. The molecule has 1 N–H and O–H groups in total. The second-order valence-corrected chi connectivity index (χ2v) is 10.1. The second-order valence-electron chi connectivity index (χ2n) is 7.79. The van der Waals surface area contributed by atoms with E-state index in [0.29, 0.717) is 16.5 Å². The molecule has 2 aliphatic heterocycles. The zero-order valence-corrected chi connectivity index (χ0v) is 17.7. The van der Waals surface area contributed by atoms with Gasteiger partial charge in [-0.2, -0.15) is 0 Å². The van der Waals surface area contributed by atoms with E-state index in [1.165, 1.54) is 0 Å². The van der Waals surface area contributed by atoms with Crippen LogP contribution in [0.4, 0.5) is 5.69 Å². The van der Waals surface area contributed by atoms with Crippen LogP contribution < -0.4 is 4.90 Å². The molecule has 0 unspecified atom stereocenters. The normalized spacial score (nSPS) is 17.8. The standard InChI is InChI=1S/C21H25N3O5S/c1-22-7-9-23(10-8-22)18-6-5-17-19-15(18)3-2-4-16(19)20(26)24(21(17)27)11-13-30(28,29)14-12-25/h2-6,25H,7-14H2,1H3. The third-order valence-electron chi connectivity index (χ3n) is 5.84. The summed E-state index contributed by atoms with van der Waals surface area (Å²) >= 11 is 0. The number of carbonyl (C=O) groups excluding carboxylic acids is 2. The van der Waals surface area contributed by atoms with Gasteiger partial charge in [0.05, 0.1) is 18.1 Å².